The Morgan fingerprint density at radius 2 is 2.40 bits per heavy atom. The molecule has 0 atom stereocenters. The van der Waals surface area contributed by atoms with Crippen LogP contribution in [0.1, 0.15) is 5.56 Å². The van der Waals surface area contributed by atoms with E-state index in [2.05, 4.69) is 4.99 Å². The van der Waals surface area contributed by atoms with Crippen molar-refractivity contribution in [1.82, 2.24) is 0 Å². The van der Waals surface area contributed by atoms with Gasteiger partial charge in [0.05, 0.1) is 18.7 Å². The topological polar surface area (TPSA) is 58.9 Å². The summed E-state index contributed by atoms with van der Waals surface area (Å²) < 4.78 is 18.1. The van der Waals surface area contributed by atoms with Crippen molar-refractivity contribution >= 4 is 17.7 Å². The second kappa shape index (κ2) is 4.77. The van der Waals surface area contributed by atoms with Gasteiger partial charge in [0.25, 0.3) is 0 Å². The molecule has 4 nitrogen and oxygen atoms in total. The number of ether oxygens (including phenoxy) is 1. The summed E-state index contributed by atoms with van der Waals surface area (Å²) in [6.45, 7) is -0.108. The van der Waals surface area contributed by atoms with Gasteiger partial charge >= 0.3 is 0 Å². The number of rotatable bonds is 3. The van der Waals surface area contributed by atoms with Crippen LogP contribution in [0.25, 0.3) is 0 Å². The average Bonchev–Trinajstić information content (AvgIpc) is 2.23. The maximum atomic E-state index is 13.4. The highest BCUT2D eigenvalue weighted by Crippen LogP contribution is 2.36. The van der Waals surface area contributed by atoms with Crippen LogP contribution in [-0.4, -0.2) is 18.3 Å². The largest absolute Gasteiger partial charge is 0.504 e. The zero-order chi connectivity index (χ0) is 11.4. The summed E-state index contributed by atoms with van der Waals surface area (Å²) in [5.41, 5.74) is 0.265. The Kier molecular flexibility index (Phi) is 3.66. The van der Waals surface area contributed by atoms with Crippen molar-refractivity contribution in [2.45, 2.75) is 6.54 Å². The number of aromatic hydroxyl groups is 1. The lowest BCUT2D eigenvalue weighted by atomic mass is 10.2. The minimum atomic E-state index is -0.971. The molecule has 0 bridgehead atoms. The van der Waals surface area contributed by atoms with Crippen molar-refractivity contribution in [3.05, 3.63) is 22.5 Å². The number of nitrogens with zero attached hydrogens (tertiary/aromatic N) is 1. The summed E-state index contributed by atoms with van der Waals surface area (Å²) in [6.07, 6.45) is 1.31. The van der Waals surface area contributed by atoms with Gasteiger partial charge in [0.15, 0.2) is 11.5 Å². The van der Waals surface area contributed by atoms with Crippen molar-refractivity contribution in [1.29, 1.82) is 0 Å². The minimum Gasteiger partial charge on any atom is -0.504 e. The van der Waals surface area contributed by atoms with Crippen LogP contribution in [-0.2, 0) is 11.3 Å². The van der Waals surface area contributed by atoms with Gasteiger partial charge in [-0.15, -0.1) is 0 Å². The number of hydrogen-bond acceptors (Lipinski definition) is 4. The summed E-state index contributed by atoms with van der Waals surface area (Å²) in [7, 11) is 1.24. The fourth-order valence-electron chi connectivity index (χ4n) is 1.10. The minimum absolute atomic E-state index is 0.108. The zero-order valence-corrected chi connectivity index (χ0v) is 8.51. The molecule has 1 aromatic carbocycles. The predicted octanol–water partition coefficient (Wildman–Crippen LogP) is 2.03. The van der Waals surface area contributed by atoms with Crippen molar-refractivity contribution in [2.24, 2.45) is 4.99 Å². The number of phenols is 1. The third-order valence-electron chi connectivity index (χ3n) is 1.74. The summed E-state index contributed by atoms with van der Waals surface area (Å²) >= 11 is 5.54. The van der Waals surface area contributed by atoms with Crippen LogP contribution in [0.5, 0.6) is 11.5 Å². The Balaban J connectivity index is 3.31. The van der Waals surface area contributed by atoms with Crippen molar-refractivity contribution in [2.75, 3.05) is 7.11 Å². The van der Waals surface area contributed by atoms with Crippen LogP contribution in [0.2, 0.25) is 5.02 Å². The highest BCUT2D eigenvalue weighted by atomic mass is 35.5. The van der Waals surface area contributed by atoms with Gasteiger partial charge in [-0.3, -0.25) is 0 Å². The maximum Gasteiger partial charge on any atom is 0.235 e. The fraction of sp³-hybridized carbons (Fsp3) is 0.222. The molecule has 0 spiro atoms. The van der Waals surface area contributed by atoms with Gasteiger partial charge in [-0.1, -0.05) is 11.6 Å². The number of aliphatic imine (C=N–C) groups is 1. The van der Waals surface area contributed by atoms with Crippen molar-refractivity contribution < 1.29 is 19.0 Å². The molecule has 80 valence electrons. The summed E-state index contributed by atoms with van der Waals surface area (Å²) in [6, 6.07) is 1.28. The van der Waals surface area contributed by atoms with Gasteiger partial charge < -0.3 is 9.84 Å². The number of hydrogen-bond donors (Lipinski definition) is 1. The van der Waals surface area contributed by atoms with Crippen molar-refractivity contribution in [3.8, 4) is 11.5 Å². The van der Waals surface area contributed by atoms with E-state index in [1.165, 1.54) is 19.3 Å². The molecule has 1 rings (SSSR count). The van der Waals surface area contributed by atoms with Gasteiger partial charge in [0.1, 0.15) is 0 Å². The average molecular weight is 232 g/mol. The van der Waals surface area contributed by atoms with Crippen LogP contribution in [0, 0.1) is 5.82 Å². The number of carbonyl (C=O) groups excluding carboxylic acids is 1. The molecule has 15 heavy (non-hydrogen) atoms. The van der Waals surface area contributed by atoms with E-state index in [-0.39, 0.29) is 22.9 Å². The first-order valence-corrected chi connectivity index (χ1v) is 4.27. The van der Waals surface area contributed by atoms with Crippen LogP contribution in [0.3, 0.4) is 0 Å². The Bertz CT molecular complexity index is 430. The van der Waals surface area contributed by atoms with Gasteiger partial charge in [0, 0.05) is 5.56 Å². The van der Waals surface area contributed by atoms with Crippen LogP contribution in [0.4, 0.5) is 4.39 Å². The molecule has 0 aromatic heterocycles. The standard InChI is InChI=1S/C9H7ClFNO3/c1-15-9-5(3-12-4-13)2-6(10)8(14)7(9)11/h2,14H,3H2,1H3. The molecule has 1 aromatic rings. The third kappa shape index (κ3) is 2.26. The lowest BCUT2D eigenvalue weighted by Crippen LogP contribution is -1.95. The molecule has 0 saturated carbocycles. The molecule has 0 aliphatic rings. The summed E-state index contributed by atoms with van der Waals surface area (Å²) in [5.74, 6) is -1.84. The SMILES string of the molecule is COc1c(CN=C=O)cc(Cl)c(O)c1F. The fourth-order valence-corrected chi connectivity index (χ4v) is 1.31. The lowest BCUT2D eigenvalue weighted by molar-refractivity contribution is 0.360. The molecule has 0 aliphatic carbocycles. The van der Waals surface area contributed by atoms with Crippen LogP contribution in [0.15, 0.2) is 11.1 Å². The summed E-state index contributed by atoms with van der Waals surface area (Å²) in [5, 5.41) is 9.01. The van der Waals surface area contributed by atoms with Crippen LogP contribution >= 0.6 is 11.6 Å². The molecule has 0 amide bonds. The van der Waals surface area contributed by atoms with Gasteiger partial charge in [-0.2, -0.15) is 4.39 Å². The Labute approximate surface area is 90.0 Å². The predicted molar refractivity (Wildman–Crippen MR) is 51.5 cm³/mol. The highest BCUT2D eigenvalue weighted by molar-refractivity contribution is 6.32. The second-order valence-electron chi connectivity index (χ2n) is 2.62. The molecule has 0 aliphatic heterocycles. The number of isocyanates is 1. The highest BCUT2D eigenvalue weighted by Gasteiger charge is 2.17. The number of methoxy groups -OCH3 is 1. The maximum absolute atomic E-state index is 13.4. The molecule has 0 heterocycles. The summed E-state index contributed by atoms with van der Waals surface area (Å²) in [4.78, 5) is 13.2. The number of halogens is 2. The van der Waals surface area contributed by atoms with Gasteiger partial charge in [-0.05, 0) is 6.07 Å². The molecule has 0 radical (unpaired) electrons. The lowest BCUT2D eigenvalue weighted by Gasteiger charge is -2.09. The van der Waals surface area contributed by atoms with Crippen LogP contribution < -0.4 is 4.74 Å². The molecule has 6 heteroatoms. The smallest absolute Gasteiger partial charge is 0.235 e. The first-order chi connectivity index (χ1) is 7.11. The normalized spacial score (nSPS) is 9.53. The van der Waals surface area contributed by atoms with E-state index in [4.69, 9.17) is 16.3 Å². The Morgan fingerprint density at radius 3 is 2.93 bits per heavy atom. The van der Waals surface area contributed by atoms with E-state index in [0.29, 0.717) is 0 Å². The molecule has 0 saturated heterocycles. The Morgan fingerprint density at radius 1 is 1.73 bits per heavy atom. The van der Waals surface area contributed by atoms with Gasteiger partial charge in [-0.25, -0.2) is 9.79 Å². The first kappa shape index (κ1) is 11.5. The first-order valence-electron chi connectivity index (χ1n) is 3.89. The van der Waals surface area contributed by atoms with E-state index in [1.807, 2.05) is 0 Å². The van der Waals surface area contributed by atoms with E-state index < -0.39 is 11.6 Å². The van der Waals surface area contributed by atoms with Crippen molar-refractivity contribution in [3.63, 3.8) is 0 Å². The molecular formula is C9H7ClFNO3. The zero-order valence-electron chi connectivity index (χ0n) is 7.75. The van der Waals surface area contributed by atoms with E-state index in [9.17, 15) is 14.3 Å². The third-order valence-corrected chi connectivity index (χ3v) is 2.03. The quantitative estimate of drug-likeness (QED) is 0.640. The van der Waals surface area contributed by atoms with E-state index in [1.54, 1.807) is 0 Å². The molecule has 0 unspecified atom stereocenters. The second-order valence-corrected chi connectivity index (χ2v) is 3.03. The van der Waals surface area contributed by atoms with E-state index in [0.717, 1.165) is 0 Å². The molecular weight excluding hydrogens is 225 g/mol. The van der Waals surface area contributed by atoms with E-state index >= 15 is 0 Å². The molecule has 0 fully saturated rings. The van der Waals surface area contributed by atoms with Gasteiger partial charge in [0.2, 0.25) is 11.9 Å². The monoisotopic (exact) mass is 231 g/mol. The number of benzene rings is 1. The molecule has 1 N–H and O–H groups in total. The number of phenolic OH excluding ortho intramolecular Hbond substituents is 1. The Hall–Kier alpha value is -1.58.